The largest absolute Gasteiger partial charge is 0.253 e. The highest BCUT2D eigenvalue weighted by Crippen LogP contribution is 2.28. The maximum atomic E-state index is 4.70. The van der Waals surface area contributed by atoms with Crippen LogP contribution in [-0.2, 0) is 0 Å². The molecule has 2 aromatic carbocycles. The highest BCUT2D eigenvalue weighted by Gasteiger charge is 2.16. The van der Waals surface area contributed by atoms with Gasteiger partial charge in [-0.2, -0.15) is 5.10 Å². The van der Waals surface area contributed by atoms with Crippen molar-refractivity contribution in [3.63, 3.8) is 0 Å². The summed E-state index contributed by atoms with van der Waals surface area (Å²) >= 11 is 1.61. The monoisotopic (exact) mass is 349 g/mol. The summed E-state index contributed by atoms with van der Waals surface area (Å²) in [4.78, 5) is 4.70. The zero-order valence-corrected chi connectivity index (χ0v) is 15.4. The van der Waals surface area contributed by atoms with Gasteiger partial charge in [0.05, 0.1) is 5.69 Å². The Labute approximate surface area is 152 Å². The molecule has 1 aliphatic rings. The quantitative estimate of drug-likeness (QED) is 0.441. The first-order chi connectivity index (χ1) is 12.3. The molecule has 1 N–H and O–H groups in total. The summed E-state index contributed by atoms with van der Waals surface area (Å²) in [6.07, 6.45) is 6.59. The van der Waals surface area contributed by atoms with Gasteiger partial charge in [-0.15, -0.1) is 11.3 Å². The van der Waals surface area contributed by atoms with E-state index in [0.29, 0.717) is 5.92 Å². The summed E-state index contributed by atoms with van der Waals surface area (Å²) in [6, 6.07) is 14.9. The Morgan fingerprint density at radius 2 is 1.88 bits per heavy atom. The Hall–Kier alpha value is -2.20. The van der Waals surface area contributed by atoms with E-state index in [-0.39, 0.29) is 0 Å². The van der Waals surface area contributed by atoms with Crippen molar-refractivity contribution >= 4 is 33.0 Å². The predicted octanol–water partition coefficient (Wildman–Crippen LogP) is 6.33. The summed E-state index contributed by atoms with van der Waals surface area (Å²) in [7, 11) is 0. The molecule has 0 radical (unpaired) electrons. The Balaban J connectivity index is 1.49. The minimum Gasteiger partial charge on any atom is -0.253 e. The first-order valence-electron chi connectivity index (χ1n) is 9.04. The van der Waals surface area contributed by atoms with E-state index < -0.39 is 0 Å². The highest BCUT2D eigenvalue weighted by molar-refractivity contribution is 7.14. The minimum absolute atomic E-state index is 0.640. The Bertz CT molecular complexity index is 891. The molecular weight excluding hydrogens is 326 g/mol. The first-order valence-corrected chi connectivity index (χ1v) is 9.92. The van der Waals surface area contributed by atoms with Crippen molar-refractivity contribution in [2.24, 2.45) is 11.0 Å². The molecule has 128 valence electrons. The lowest BCUT2D eigenvalue weighted by Crippen LogP contribution is -2.16. The second kappa shape index (κ2) is 7.36. The maximum Gasteiger partial charge on any atom is 0.203 e. The van der Waals surface area contributed by atoms with Crippen LogP contribution in [0.3, 0.4) is 0 Å². The smallest absolute Gasteiger partial charge is 0.203 e. The van der Waals surface area contributed by atoms with Crippen LogP contribution in [0.5, 0.6) is 0 Å². The van der Waals surface area contributed by atoms with Crippen molar-refractivity contribution in [1.82, 2.24) is 4.98 Å². The van der Waals surface area contributed by atoms with Gasteiger partial charge in [-0.25, -0.2) is 4.98 Å². The molecule has 1 fully saturated rings. The topological polar surface area (TPSA) is 37.3 Å². The molecule has 25 heavy (non-hydrogen) atoms. The van der Waals surface area contributed by atoms with Crippen LogP contribution in [0.1, 0.15) is 39.0 Å². The molecule has 0 bridgehead atoms. The third-order valence-electron chi connectivity index (χ3n) is 5.07. The van der Waals surface area contributed by atoms with Crippen molar-refractivity contribution < 1.29 is 0 Å². The number of aromatic nitrogens is 1. The van der Waals surface area contributed by atoms with E-state index in [2.05, 4.69) is 65.3 Å². The summed E-state index contributed by atoms with van der Waals surface area (Å²) in [5.74, 6) is 0.640. The molecule has 1 heterocycles. The number of hydrogen-bond acceptors (Lipinski definition) is 4. The molecule has 0 saturated heterocycles. The lowest BCUT2D eigenvalue weighted by molar-refractivity contribution is 0.438. The van der Waals surface area contributed by atoms with Crippen LogP contribution in [0, 0.1) is 5.92 Å². The van der Waals surface area contributed by atoms with Gasteiger partial charge < -0.3 is 0 Å². The zero-order chi connectivity index (χ0) is 17.1. The SMILES string of the molecule is C/C(=N\Nc1nc(-c2ccc3ccccc3c2)cs1)C1CCCCC1. The van der Waals surface area contributed by atoms with Gasteiger partial charge in [0.2, 0.25) is 5.13 Å². The normalized spacial score (nSPS) is 16.3. The fourth-order valence-electron chi connectivity index (χ4n) is 3.55. The van der Waals surface area contributed by atoms with Crippen LogP contribution in [0.4, 0.5) is 5.13 Å². The lowest BCUT2D eigenvalue weighted by Gasteiger charge is -2.20. The van der Waals surface area contributed by atoms with Gasteiger partial charge in [-0.05, 0) is 42.5 Å². The number of anilines is 1. The molecule has 3 aromatic rings. The van der Waals surface area contributed by atoms with Crippen molar-refractivity contribution in [3.05, 3.63) is 47.8 Å². The molecule has 1 aliphatic carbocycles. The van der Waals surface area contributed by atoms with Crippen LogP contribution < -0.4 is 5.43 Å². The Morgan fingerprint density at radius 3 is 2.72 bits per heavy atom. The molecule has 0 aliphatic heterocycles. The second-order valence-electron chi connectivity index (χ2n) is 6.80. The van der Waals surface area contributed by atoms with Gasteiger partial charge in [-0.3, -0.25) is 5.43 Å². The molecule has 4 heteroatoms. The molecule has 0 amide bonds. The molecule has 1 aromatic heterocycles. The summed E-state index contributed by atoms with van der Waals surface area (Å²) in [5, 5.41) is 10.0. The maximum absolute atomic E-state index is 4.70. The molecule has 4 rings (SSSR count). The van der Waals surface area contributed by atoms with E-state index >= 15 is 0 Å². The Morgan fingerprint density at radius 1 is 1.08 bits per heavy atom. The predicted molar refractivity (Wildman–Crippen MR) is 108 cm³/mol. The van der Waals surface area contributed by atoms with Gasteiger partial charge in [0.25, 0.3) is 0 Å². The van der Waals surface area contributed by atoms with E-state index in [1.807, 2.05) is 0 Å². The van der Waals surface area contributed by atoms with Crippen LogP contribution in [-0.4, -0.2) is 10.7 Å². The number of hydrogen-bond donors (Lipinski definition) is 1. The van der Waals surface area contributed by atoms with Gasteiger partial charge in [0.1, 0.15) is 0 Å². The number of thiazole rings is 1. The fourth-order valence-corrected chi connectivity index (χ4v) is 4.22. The number of hydrazone groups is 1. The molecule has 0 unspecified atom stereocenters. The van der Waals surface area contributed by atoms with E-state index in [0.717, 1.165) is 16.4 Å². The van der Waals surface area contributed by atoms with E-state index in [1.54, 1.807) is 11.3 Å². The van der Waals surface area contributed by atoms with Crippen molar-refractivity contribution in [2.75, 3.05) is 5.43 Å². The highest BCUT2D eigenvalue weighted by atomic mass is 32.1. The number of nitrogens with one attached hydrogen (secondary N) is 1. The van der Waals surface area contributed by atoms with E-state index in [4.69, 9.17) is 4.98 Å². The van der Waals surface area contributed by atoms with Crippen LogP contribution in [0.15, 0.2) is 52.9 Å². The van der Waals surface area contributed by atoms with Crippen molar-refractivity contribution in [3.8, 4) is 11.3 Å². The third kappa shape index (κ3) is 3.74. The van der Waals surface area contributed by atoms with Gasteiger partial charge in [-0.1, -0.05) is 55.7 Å². The minimum atomic E-state index is 0.640. The summed E-state index contributed by atoms with van der Waals surface area (Å²) < 4.78 is 0. The number of benzene rings is 2. The zero-order valence-electron chi connectivity index (χ0n) is 14.5. The van der Waals surface area contributed by atoms with E-state index in [1.165, 1.54) is 48.6 Å². The standard InChI is InChI=1S/C21H23N3S/c1-15(16-7-3-2-4-8-16)23-24-21-22-20(14-25-21)19-12-11-17-9-5-6-10-18(17)13-19/h5-6,9-14,16H,2-4,7-8H2,1H3,(H,22,24)/b23-15+. The lowest BCUT2D eigenvalue weighted by atomic mass is 9.86. The van der Waals surface area contributed by atoms with Gasteiger partial charge >= 0.3 is 0 Å². The van der Waals surface area contributed by atoms with Crippen LogP contribution in [0.2, 0.25) is 0 Å². The summed E-state index contributed by atoms with van der Waals surface area (Å²) in [6.45, 7) is 2.14. The number of nitrogens with zero attached hydrogens (tertiary/aromatic N) is 2. The average Bonchev–Trinajstić information content (AvgIpc) is 3.15. The van der Waals surface area contributed by atoms with Gasteiger partial charge in [0.15, 0.2) is 0 Å². The summed E-state index contributed by atoms with van der Waals surface area (Å²) in [5.41, 5.74) is 6.53. The molecular formula is C21H23N3S. The molecule has 0 spiro atoms. The molecule has 1 saturated carbocycles. The van der Waals surface area contributed by atoms with Crippen molar-refractivity contribution in [1.29, 1.82) is 0 Å². The average molecular weight is 350 g/mol. The number of rotatable bonds is 4. The molecule has 0 atom stereocenters. The van der Waals surface area contributed by atoms with Crippen LogP contribution in [0.25, 0.3) is 22.0 Å². The first kappa shape index (κ1) is 16.3. The Kier molecular flexibility index (Phi) is 4.79. The van der Waals surface area contributed by atoms with Crippen LogP contribution >= 0.6 is 11.3 Å². The molecule has 3 nitrogen and oxygen atoms in total. The van der Waals surface area contributed by atoms with E-state index in [9.17, 15) is 0 Å². The third-order valence-corrected chi connectivity index (χ3v) is 5.82. The fraction of sp³-hybridized carbons (Fsp3) is 0.333. The second-order valence-corrected chi connectivity index (χ2v) is 7.66. The van der Waals surface area contributed by atoms with Crippen molar-refractivity contribution in [2.45, 2.75) is 39.0 Å². The van der Waals surface area contributed by atoms with Gasteiger partial charge in [0, 0.05) is 16.7 Å². The number of fused-ring (bicyclic) bond motifs is 1.